The van der Waals surface area contributed by atoms with E-state index in [9.17, 15) is 38.6 Å². The van der Waals surface area contributed by atoms with E-state index >= 15 is 0 Å². The molecule has 0 saturated heterocycles. The molecule has 1 aromatic rings. The summed E-state index contributed by atoms with van der Waals surface area (Å²) in [5.41, 5.74) is 0.125. The standard InChI is InChI=1S/C18H26O10P2/c1-5-10(2)7-6-8-18(29(21,22)23,30(24,25)26)14-15(19)13-12(9-28-17(13)20)11(3)16(14)27-4/h5,19H,6-9H2,1-4H3,(H2,21,22,23)(H2,24,25,26). The molecule has 10 nitrogen and oxygen atoms in total. The van der Waals surface area contributed by atoms with Crippen molar-refractivity contribution >= 4 is 21.2 Å². The number of aromatic hydroxyl groups is 1. The van der Waals surface area contributed by atoms with Gasteiger partial charge in [-0.15, -0.1) is 0 Å². The topological polar surface area (TPSA) is 171 Å². The third kappa shape index (κ3) is 3.84. The van der Waals surface area contributed by atoms with E-state index in [1.165, 1.54) is 6.92 Å². The summed E-state index contributed by atoms with van der Waals surface area (Å²) in [5, 5.41) is 10.9. The highest BCUT2D eigenvalue weighted by Gasteiger charge is 2.64. The Morgan fingerprint density at radius 2 is 1.80 bits per heavy atom. The van der Waals surface area contributed by atoms with Crippen LogP contribution < -0.4 is 4.74 Å². The van der Waals surface area contributed by atoms with Crippen LogP contribution in [-0.2, 0) is 25.4 Å². The van der Waals surface area contributed by atoms with E-state index in [4.69, 9.17) is 9.47 Å². The number of carbonyl (C=O) groups excluding carboxylic acids is 1. The number of cyclic esters (lactones) is 1. The van der Waals surface area contributed by atoms with Crippen molar-refractivity contribution in [1.82, 2.24) is 0 Å². The van der Waals surface area contributed by atoms with Crippen LogP contribution in [0.25, 0.3) is 0 Å². The number of benzene rings is 1. The molecule has 0 spiro atoms. The van der Waals surface area contributed by atoms with Gasteiger partial charge in [0.05, 0.1) is 12.7 Å². The molecular formula is C18H26O10P2. The number of hydrogen-bond donors (Lipinski definition) is 5. The smallest absolute Gasteiger partial charge is 0.348 e. The van der Waals surface area contributed by atoms with Gasteiger partial charge in [-0.1, -0.05) is 11.6 Å². The van der Waals surface area contributed by atoms with Crippen molar-refractivity contribution in [2.75, 3.05) is 7.11 Å². The van der Waals surface area contributed by atoms with Crippen molar-refractivity contribution < 1.29 is 48.1 Å². The predicted molar refractivity (Wildman–Crippen MR) is 108 cm³/mol. The maximum absolute atomic E-state index is 12.7. The van der Waals surface area contributed by atoms with E-state index < -0.39 is 43.8 Å². The Morgan fingerprint density at radius 1 is 1.23 bits per heavy atom. The number of hydrogen-bond acceptors (Lipinski definition) is 6. The van der Waals surface area contributed by atoms with E-state index in [1.807, 2.05) is 0 Å². The molecule has 0 radical (unpaired) electrons. The number of fused-ring (bicyclic) bond motifs is 1. The zero-order valence-corrected chi connectivity index (χ0v) is 18.9. The first-order valence-electron chi connectivity index (χ1n) is 9.07. The van der Waals surface area contributed by atoms with E-state index in [2.05, 4.69) is 0 Å². The fourth-order valence-corrected chi connectivity index (χ4v) is 7.01. The van der Waals surface area contributed by atoms with Gasteiger partial charge < -0.3 is 34.2 Å². The van der Waals surface area contributed by atoms with Gasteiger partial charge in [0, 0.05) is 5.56 Å². The van der Waals surface area contributed by atoms with Crippen molar-refractivity contribution in [2.24, 2.45) is 0 Å². The van der Waals surface area contributed by atoms with Gasteiger partial charge in [0.2, 0.25) is 4.90 Å². The minimum atomic E-state index is -5.63. The fraction of sp³-hybridized carbons (Fsp3) is 0.500. The van der Waals surface area contributed by atoms with E-state index in [1.54, 1.807) is 19.9 Å². The van der Waals surface area contributed by atoms with E-state index in [0.717, 1.165) is 12.7 Å². The molecule has 0 aromatic heterocycles. The molecule has 0 saturated carbocycles. The van der Waals surface area contributed by atoms with Crippen LogP contribution in [0.2, 0.25) is 0 Å². The molecule has 0 amide bonds. The fourth-order valence-electron chi connectivity index (χ4n) is 3.76. The summed E-state index contributed by atoms with van der Waals surface area (Å²) in [7, 11) is -10.1. The number of carbonyl (C=O) groups is 1. The second kappa shape index (κ2) is 8.46. The molecule has 30 heavy (non-hydrogen) atoms. The summed E-state index contributed by atoms with van der Waals surface area (Å²) < 4.78 is 35.5. The number of esters is 1. The van der Waals surface area contributed by atoms with Gasteiger partial charge in [-0.25, -0.2) is 4.79 Å². The summed E-state index contributed by atoms with van der Waals surface area (Å²) in [5.74, 6) is -2.21. The number of ether oxygens (including phenoxy) is 2. The summed E-state index contributed by atoms with van der Waals surface area (Å²) in [4.78, 5) is 49.9. The Morgan fingerprint density at radius 3 is 2.27 bits per heavy atom. The molecule has 2 rings (SSSR count). The number of rotatable bonds is 8. The first-order valence-corrected chi connectivity index (χ1v) is 12.3. The zero-order valence-electron chi connectivity index (χ0n) is 17.1. The van der Waals surface area contributed by atoms with Gasteiger partial charge in [0.1, 0.15) is 23.7 Å². The molecule has 1 aliphatic rings. The van der Waals surface area contributed by atoms with Crippen LogP contribution in [0.5, 0.6) is 11.5 Å². The Kier molecular flexibility index (Phi) is 6.94. The maximum atomic E-state index is 12.7. The third-order valence-electron chi connectivity index (χ3n) is 5.50. The first kappa shape index (κ1) is 24.6. The lowest BCUT2D eigenvalue weighted by Crippen LogP contribution is -2.28. The minimum absolute atomic E-state index is 0.00440. The summed E-state index contributed by atoms with van der Waals surface area (Å²) in [6.45, 7) is 4.78. The average molecular weight is 464 g/mol. The average Bonchev–Trinajstić information content (AvgIpc) is 3.02. The number of phenolic OH excluding ortho intramolecular Hbond substituents is 1. The molecular weight excluding hydrogens is 438 g/mol. The van der Waals surface area contributed by atoms with Gasteiger partial charge in [0.15, 0.2) is 0 Å². The molecule has 0 aliphatic carbocycles. The Hall–Kier alpha value is -1.67. The molecule has 1 aromatic carbocycles. The van der Waals surface area contributed by atoms with Crippen LogP contribution in [0.1, 0.15) is 60.2 Å². The largest absolute Gasteiger partial charge is 0.507 e. The van der Waals surface area contributed by atoms with Gasteiger partial charge >= 0.3 is 21.2 Å². The Bertz CT molecular complexity index is 963. The predicted octanol–water partition coefficient (Wildman–Crippen LogP) is 3.02. The summed E-state index contributed by atoms with van der Waals surface area (Å²) in [6.07, 6.45) is 1.41. The lowest BCUT2D eigenvalue weighted by Gasteiger charge is -2.37. The highest BCUT2D eigenvalue weighted by Crippen LogP contribution is 2.79. The van der Waals surface area contributed by atoms with Crippen molar-refractivity contribution in [3.63, 3.8) is 0 Å². The van der Waals surface area contributed by atoms with E-state index in [-0.39, 0.29) is 35.5 Å². The summed E-state index contributed by atoms with van der Waals surface area (Å²) >= 11 is 0. The first-order chi connectivity index (χ1) is 13.7. The van der Waals surface area contributed by atoms with Crippen molar-refractivity contribution in [1.29, 1.82) is 0 Å². The van der Waals surface area contributed by atoms with Crippen LogP contribution in [0.4, 0.5) is 0 Å². The highest BCUT2D eigenvalue weighted by molar-refractivity contribution is 7.71. The summed E-state index contributed by atoms with van der Waals surface area (Å²) in [6, 6.07) is 0. The lowest BCUT2D eigenvalue weighted by molar-refractivity contribution is 0.0532. The molecule has 0 bridgehead atoms. The van der Waals surface area contributed by atoms with Gasteiger partial charge in [-0.3, -0.25) is 9.13 Å². The van der Waals surface area contributed by atoms with Crippen LogP contribution >= 0.6 is 15.2 Å². The molecule has 1 heterocycles. The number of allylic oxidation sites excluding steroid dienone is 2. The van der Waals surface area contributed by atoms with Crippen molar-refractivity contribution in [3.8, 4) is 11.5 Å². The monoisotopic (exact) mass is 464 g/mol. The highest BCUT2D eigenvalue weighted by atomic mass is 31.2. The van der Waals surface area contributed by atoms with Gasteiger partial charge in [-0.2, -0.15) is 0 Å². The molecule has 1 aliphatic heterocycles. The van der Waals surface area contributed by atoms with Gasteiger partial charge in [0.25, 0.3) is 0 Å². The lowest BCUT2D eigenvalue weighted by atomic mass is 9.93. The quantitative estimate of drug-likeness (QED) is 0.219. The normalized spacial score (nSPS) is 15.2. The van der Waals surface area contributed by atoms with Crippen LogP contribution in [0, 0.1) is 6.92 Å². The molecule has 0 fully saturated rings. The van der Waals surface area contributed by atoms with Crippen LogP contribution in [0.15, 0.2) is 11.6 Å². The van der Waals surface area contributed by atoms with Crippen LogP contribution in [0.3, 0.4) is 0 Å². The molecule has 168 valence electrons. The number of phenols is 1. The third-order valence-corrected chi connectivity index (χ3v) is 9.89. The second-order valence-corrected chi connectivity index (χ2v) is 11.3. The molecule has 0 unspecified atom stereocenters. The maximum Gasteiger partial charge on any atom is 0.348 e. The zero-order chi connectivity index (χ0) is 23.1. The number of methoxy groups -OCH3 is 1. The Balaban J connectivity index is 2.94. The van der Waals surface area contributed by atoms with Crippen molar-refractivity contribution in [2.45, 2.75) is 51.5 Å². The van der Waals surface area contributed by atoms with Crippen molar-refractivity contribution in [3.05, 3.63) is 33.9 Å². The van der Waals surface area contributed by atoms with Crippen LogP contribution in [-0.4, -0.2) is 37.8 Å². The molecule has 0 atom stereocenters. The van der Waals surface area contributed by atoms with E-state index in [0.29, 0.717) is 6.42 Å². The Labute approximate surface area is 173 Å². The van der Waals surface area contributed by atoms with Gasteiger partial charge in [-0.05, 0) is 45.6 Å². The second-order valence-electron chi connectivity index (χ2n) is 7.20. The SMILES string of the molecule is CC=C(C)CCCC(c1c(O)c2c(c(C)c1OC)COC2=O)(P(=O)(O)O)P(=O)(O)O. The molecule has 12 heteroatoms. The molecule has 5 N–H and O–H groups in total. The minimum Gasteiger partial charge on any atom is -0.507 e.